The lowest BCUT2D eigenvalue weighted by molar-refractivity contribution is -0.116. The maximum absolute atomic E-state index is 11.4. The maximum atomic E-state index is 11.4. The summed E-state index contributed by atoms with van der Waals surface area (Å²) in [6.07, 6.45) is 5.97. The molecule has 0 aliphatic carbocycles. The Hall–Kier alpha value is -1.27. The van der Waals surface area contributed by atoms with Crippen LogP contribution in [0.1, 0.15) is 32.6 Å². The summed E-state index contributed by atoms with van der Waals surface area (Å²) < 4.78 is 5.39. The average Bonchev–Trinajstić information content (AvgIpc) is 2.36. The van der Waals surface area contributed by atoms with Gasteiger partial charge in [-0.05, 0) is 43.9 Å². The number of rotatable bonds is 5. The fourth-order valence-electron chi connectivity index (χ4n) is 2.15. The quantitative estimate of drug-likeness (QED) is 0.584. The average molecular weight is 235 g/mol. The molecule has 0 unspecified atom stereocenters. The highest BCUT2D eigenvalue weighted by Crippen LogP contribution is 2.34. The molecule has 1 rings (SSSR count). The Labute approximate surface area is 104 Å². The van der Waals surface area contributed by atoms with E-state index in [4.69, 9.17) is 4.74 Å². The van der Waals surface area contributed by atoms with Crippen LogP contribution in [0.2, 0.25) is 0 Å². The molecule has 0 atom stereocenters. The summed E-state index contributed by atoms with van der Waals surface area (Å²) >= 11 is 0. The first kappa shape index (κ1) is 13.8. The van der Waals surface area contributed by atoms with E-state index in [9.17, 15) is 4.79 Å². The summed E-state index contributed by atoms with van der Waals surface area (Å²) in [5.41, 5.74) is 0.164. The van der Waals surface area contributed by atoms with Gasteiger partial charge < -0.3 is 10.1 Å². The van der Waals surface area contributed by atoms with E-state index in [1.54, 1.807) is 6.92 Å². The van der Waals surface area contributed by atoms with Crippen LogP contribution in [0.3, 0.4) is 0 Å². The van der Waals surface area contributed by atoms with E-state index < -0.39 is 0 Å². The molecule has 1 heterocycles. The van der Waals surface area contributed by atoms with Gasteiger partial charge in [0.05, 0.1) is 0 Å². The minimum atomic E-state index is -0.183. The Morgan fingerprint density at radius 1 is 1.53 bits per heavy atom. The Bertz CT molecular complexity index is 319. The molecule has 1 amide bonds. The van der Waals surface area contributed by atoms with Crippen LogP contribution in [0, 0.1) is 17.3 Å². The molecule has 1 aliphatic rings. The second kappa shape index (κ2) is 7.13. The molecule has 0 aromatic heterocycles. The van der Waals surface area contributed by atoms with Gasteiger partial charge in [0.1, 0.15) is 0 Å². The molecule has 0 spiro atoms. The molecule has 1 saturated heterocycles. The van der Waals surface area contributed by atoms with E-state index in [0.29, 0.717) is 6.54 Å². The van der Waals surface area contributed by atoms with E-state index in [-0.39, 0.29) is 11.3 Å². The predicted molar refractivity (Wildman–Crippen MR) is 68.4 cm³/mol. The summed E-state index contributed by atoms with van der Waals surface area (Å²) in [4.78, 5) is 11.4. The molecular weight excluding hydrogens is 214 g/mol. The fraction of sp³-hybridized carbons (Fsp3) is 0.643. The van der Waals surface area contributed by atoms with Gasteiger partial charge in [-0.25, -0.2) is 0 Å². The van der Waals surface area contributed by atoms with Crippen molar-refractivity contribution in [2.75, 3.05) is 19.8 Å². The van der Waals surface area contributed by atoms with Crippen molar-refractivity contribution in [3.63, 3.8) is 0 Å². The Balaban J connectivity index is 2.52. The van der Waals surface area contributed by atoms with Gasteiger partial charge >= 0.3 is 0 Å². The Morgan fingerprint density at radius 2 is 2.24 bits per heavy atom. The molecule has 0 bridgehead atoms. The molecular formula is C14H21NO2. The van der Waals surface area contributed by atoms with Crippen LogP contribution < -0.4 is 5.32 Å². The number of allylic oxidation sites excluding steroid dienone is 1. The highest BCUT2D eigenvalue weighted by atomic mass is 16.5. The molecule has 0 radical (unpaired) electrons. The predicted octanol–water partition coefficient (Wildman–Crippen LogP) is 1.89. The van der Waals surface area contributed by atoms with Crippen molar-refractivity contribution in [3.05, 3.63) is 12.7 Å². The minimum absolute atomic E-state index is 0.164. The zero-order valence-electron chi connectivity index (χ0n) is 10.6. The van der Waals surface area contributed by atoms with Crippen molar-refractivity contribution < 1.29 is 9.53 Å². The van der Waals surface area contributed by atoms with Gasteiger partial charge in [-0.2, -0.15) is 0 Å². The third-order valence-corrected chi connectivity index (χ3v) is 3.29. The first-order chi connectivity index (χ1) is 8.22. The molecule has 0 aromatic carbocycles. The van der Waals surface area contributed by atoms with E-state index in [0.717, 1.165) is 38.9 Å². The topological polar surface area (TPSA) is 38.3 Å². The normalized spacial score (nSPS) is 17.7. The monoisotopic (exact) mass is 235 g/mol. The van der Waals surface area contributed by atoms with Crippen molar-refractivity contribution in [2.45, 2.75) is 32.6 Å². The second-order valence-electron chi connectivity index (χ2n) is 4.50. The highest BCUT2D eigenvalue weighted by molar-refractivity contribution is 5.93. The summed E-state index contributed by atoms with van der Waals surface area (Å²) in [5.74, 6) is 4.93. The lowest BCUT2D eigenvalue weighted by Gasteiger charge is -2.37. The van der Waals surface area contributed by atoms with Gasteiger partial charge in [0.2, 0.25) is 0 Å². The van der Waals surface area contributed by atoms with Crippen molar-refractivity contribution >= 4 is 5.91 Å². The molecule has 0 saturated carbocycles. The number of carbonyl (C=O) groups is 1. The first-order valence-corrected chi connectivity index (χ1v) is 6.12. The summed E-state index contributed by atoms with van der Waals surface area (Å²) in [5, 5.41) is 2.90. The molecule has 1 N–H and O–H groups in total. The summed E-state index contributed by atoms with van der Waals surface area (Å²) in [6.45, 7) is 7.69. The van der Waals surface area contributed by atoms with Gasteiger partial charge in [0, 0.05) is 19.8 Å². The summed E-state index contributed by atoms with van der Waals surface area (Å²) in [7, 11) is 0. The van der Waals surface area contributed by atoms with Crippen LogP contribution in [0.15, 0.2) is 12.7 Å². The standard InChI is InChI=1S/C14H21NO2/c1-3-5-7-14(8-10-17-11-9-14)12-15-13(16)6-4-2/h3H,1,5,7-12H2,2H3,(H,15,16). The zero-order chi connectivity index (χ0) is 12.6. The zero-order valence-corrected chi connectivity index (χ0v) is 10.6. The van der Waals surface area contributed by atoms with Crippen molar-refractivity contribution in [3.8, 4) is 11.8 Å². The Kier molecular flexibility index (Phi) is 5.79. The van der Waals surface area contributed by atoms with E-state index in [1.807, 2.05) is 6.08 Å². The van der Waals surface area contributed by atoms with Gasteiger partial charge in [-0.3, -0.25) is 4.79 Å². The number of hydrogen-bond donors (Lipinski definition) is 1. The first-order valence-electron chi connectivity index (χ1n) is 6.12. The fourth-order valence-corrected chi connectivity index (χ4v) is 2.15. The van der Waals surface area contributed by atoms with Gasteiger partial charge in [0.25, 0.3) is 5.91 Å². The lowest BCUT2D eigenvalue weighted by Crippen LogP contribution is -2.41. The smallest absolute Gasteiger partial charge is 0.295 e. The van der Waals surface area contributed by atoms with E-state index >= 15 is 0 Å². The second-order valence-corrected chi connectivity index (χ2v) is 4.50. The van der Waals surface area contributed by atoms with Crippen LogP contribution in [-0.4, -0.2) is 25.7 Å². The molecule has 0 aromatic rings. The van der Waals surface area contributed by atoms with Gasteiger partial charge in [-0.15, -0.1) is 6.58 Å². The van der Waals surface area contributed by atoms with E-state index in [1.165, 1.54) is 0 Å². The molecule has 1 fully saturated rings. The van der Waals surface area contributed by atoms with Crippen molar-refractivity contribution in [1.29, 1.82) is 0 Å². The molecule has 3 heteroatoms. The molecule has 17 heavy (non-hydrogen) atoms. The van der Waals surface area contributed by atoms with Crippen LogP contribution in [0.5, 0.6) is 0 Å². The van der Waals surface area contributed by atoms with Crippen molar-refractivity contribution in [1.82, 2.24) is 5.32 Å². The number of hydrogen-bond acceptors (Lipinski definition) is 2. The van der Waals surface area contributed by atoms with Crippen LogP contribution in [0.25, 0.3) is 0 Å². The number of carbonyl (C=O) groups excluding carboxylic acids is 1. The third-order valence-electron chi connectivity index (χ3n) is 3.29. The highest BCUT2D eigenvalue weighted by Gasteiger charge is 2.31. The van der Waals surface area contributed by atoms with Crippen LogP contribution in [0.4, 0.5) is 0 Å². The molecule has 3 nitrogen and oxygen atoms in total. The molecule has 94 valence electrons. The number of ether oxygens (including phenoxy) is 1. The van der Waals surface area contributed by atoms with Gasteiger partial charge in [0.15, 0.2) is 0 Å². The largest absolute Gasteiger partial charge is 0.381 e. The lowest BCUT2D eigenvalue weighted by atomic mass is 9.76. The SMILES string of the molecule is C=CCCC1(CNC(=O)C#CC)CCOCC1. The number of amides is 1. The summed E-state index contributed by atoms with van der Waals surface area (Å²) in [6, 6.07) is 0. The maximum Gasteiger partial charge on any atom is 0.295 e. The van der Waals surface area contributed by atoms with E-state index in [2.05, 4.69) is 23.7 Å². The Morgan fingerprint density at radius 3 is 2.82 bits per heavy atom. The van der Waals surface area contributed by atoms with Crippen molar-refractivity contribution in [2.24, 2.45) is 5.41 Å². The third kappa shape index (κ3) is 4.62. The van der Waals surface area contributed by atoms with Crippen LogP contribution >= 0.6 is 0 Å². The number of nitrogens with one attached hydrogen (secondary N) is 1. The minimum Gasteiger partial charge on any atom is -0.381 e. The van der Waals surface area contributed by atoms with Crippen LogP contribution in [-0.2, 0) is 9.53 Å². The molecule has 1 aliphatic heterocycles. The van der Waals surface area contributed by atoms with Gasteiger partial charge in [-0.1, -0.05) is 12.0 Å².